The van der Waals surface area contributed by atoms with Crippen LogP contribution in [0.3, 0.4) is 0 Å². The Kier molecular flexibility index (Phi) is 5.33. The van der Waals surface area contributed by atoms with Crippen molar-refractivity contribution in [2.24, 2.45) is 0 Å². The van der Waals surface area contributed by atoms with Crippen LogP contribution in [0.15, 0.2) is 41.5 Å². The van der Waals surface area contributed by atoms with Gasteiger partial charge in [0.25, 0.3) is 0 Å². The molecule has 130 valence electrons. The van der Waals surface area contributed by atoms with Gasteiger partial charge in [0.15, 0.2) is 0 Å². The van der Waals surface area contributed by atoms with E-state index in [9.17, 15) is 19.2 Å². The van der Waals surface area contributed by atoms with E-state index in [0.29, 0.717) is 5.69 Å². The maximum Gasteiger partial charge on any atom is 0.343 e. The van der Waals surface area contributed by atoms with Crippen LogP contribution in [0.1, 0.15) is 31.1 Å². The minimum Gasteiger partial charge on any atom is -0.465 e. The molecule has 8 heteroatoms. The van der Waals surface area contributed by atoms with Gasteiger partial charge in [0.05, 0.1) is 32.6 Å². The quantitative estimate of drug-likeness (QED) is 0.606. The highest BCUT2D eigenvalue weighted by molar-refractivity contribution is 5.96. The normalized spacial score (nSPS) is 10.0. The van der Waals surface area contributed by atoms with Crippen molar-refractivity contribution in [3.05, 3.63) is 63.6 Å². The van der Waals surface area contributed by atoms with Crippen LogP contribution in [-0.2, 0) is 14.2 Å². The Morgan fingerprint density at radius 2 is 1.20 bits per heavy atom. The van der Waals surface area contributed by atoms with Crippen LogP contribution < -0.4 is 5.43 Å². The molecule has 1 heterocycles. The number of aromatic nitrogens is 1. The summed E-state index contributed by atoms with van der Waals surface area (Å²) in [5.74, 6) is -2.45. The number of hydrogen-bond acceptors (Lipinski definition) is 7. The predicted molar refractivity (Wildman–Crippen MR) is 86.1 cm³/mol. The Bertz CT molecular complexity index is 858. The summed E-state index contributed by atoms with van der Waals surface area (Å²) >= 11 is 0. The van der Waals surface area contributed by atoms with Gasteiger partial charge in [-0.1, -0.05) is 12.1 Å². The number of carbonyl (C=O) groups is 3. The molecule has 2 rings (SSSR count). The number of carbonyl (C=O) groups excluding carboxylic acids is 3. The molecule has 1 aromatic heterocycles. The van der Waals surface area contributed by atoms with Crippen molar-refractivity contribution in [3.63, 3.8) is 0 Å². The molecular formula is C17H15NO7. The van der Waals surface area contributed by atoms with Crippen LogP contribution in [0.2, 0.25) is 0 Å². The zero-order valence-corrected chi connectivity index (χ0v) is 13.8. The molecule has 25 heavy (non-hydrogen) atoms. The first-order chi connectivity index (χ1) is 11.9. The average Bonchev–Trinajstić information content (AvgIpc) is 2.66. The van der Waals surface area contributed by atoms with E-state index in [4.69, 9.17) is 4.74 Å². The molecule has 0 fully saturated rings. The van der Waals surface area contributed by atoms with Gasteiger partial charge in [-0.2, -0.15) is 0 Å². The molecular weight excluding hydrogens is 330 g/mol. The summed E-state index contributed by atoms with van der Waals surface area (Å²) in [6.07, 6.45) is 2.37. The molecule has 0 N–H and O–H groups in total. The van der Waals surface area contributed by atoms with Crippen LogP contribution in [0.4, 0.5) is 0 Å². The fourth-order valence-electron chi connectivity index (χ4n) is 2.21. The van der Waals surface area contributed by atoms with E-state index in [2.05, 4.69) is 9.47 Å². The van der Waals surface area contributed by atoms with Crippen molar-refractivity contribution in [2.75, 3.05) is 21.3 Å². The highest BCUT2D eigenvalue weighted by Crippen LogP contribution is 2.17. The molecule has 0 atom stereocenters. The van der Waals surface area contributed by atoms with Gasteiger partial charge in [0.2, 0.25) is 5.43 Å². The van der Waals surface area contributed by atoms with E-state index in [1.54, 1.807) is 18.2 Å². The highest BCUT2D eigenvalue weighted by Gasteiger charge is 2.22. The van der Waals surface area contributed by atoms with Crippen LogP contribution in [0.25, 0.3) is 5.69 Å². The predicted octanol–water partition coefficient (Wildman–Crippen LogP) is 1.20. The van der Waals surface area contributed by atoms with Crippen molar-refractivity contribution in [3.8, 4) is 5.69 Å². The standard InChI is InChI=1S/C17H15NO7/c1-23-15(20)10-6-4-5-7-13(10)18-8-11(16(21)24-2)14(19)12(9-18)17(22)25-3/h4-9H,1-3H3. The number of ether oxygens (including phenoxy) is 3. The third-order valence-electron chi connectivity index (χ3n) is 3.42. The van der Waals surface area contributed by atoms with Gasteiger partial charge in [0.1, 0.15) is 11.1 Å². The molecule has 0 amide bonds. The zero-order valence-electron chi connectivity index (χ0n) is 13.8. The van der Waals surface area contributed by atoms with E-state index in [-0.39, 0.29) is 16.7 Å². The fraction of sp³-hybridized carbons (Fsp3) is 0.176. The van der Waals surface area contributed by atoms with Crippen LogP contribution >= 0.6 is 0 Å². The number of esters is 3. The molecule has 0 spiro atoms. The number of nitrogens with zero attached hydrogens (tertiary/aromatic N) is 1. The first-order valence-electron chi connectivity index (χ1n) is 7.05. The maximum atomic E-state index is 12.3. The Morgan fingerprint density at radius 1 is 0.760 bits per heavy atom. The molecule has 2 aromatic rings. The summed E-state index contributed by atoms with van der Waals surface area (Å²) in [5, 5.41) is 0. The Labute approximate surface area is 142 Å². The van der Waals surface area contributed by atoms with Gasteiger partial charge in [-0.3, -0.25) is 4.79 Å². The smallest absolute Gasteiger partial charge is 0.343 e. The molecule has 0 aliphatic rings. The van der Waals surface area contributed by atoms with Crippen LogP contribution in [0, 0.1) is 0 Å². The van der Waals surface area contributed by atoms with Crippen LogP contribution in [-0.4, -0.2) is 43.8 Å². The molecule has 0 radical (unpaired) electrons. The van der Waals surface area contributed by atoms with Gasteiger partial charge >= 0.3 is 17.9 Å². The molecule has 8 nitrogen and oxygen atoms in total. The third kappa shape index (κ3) is 3.42. The van der Waals surface area contributed by atoms with Crippen molar-refractivity contribution in [2.45, 2.75) is 0 Å². The first-order valence-corrected chi connectivity index (χ1v) is 7.05. The van der Waals surface area contributed by atoms with Gasteiger partial charge in [-0.15, -0.1) is 0 Å². The second-order valence-electron chi connectivity index (χ2n) is 4.81. The van der Waals surface area contributed by atoms with Gasteiger partial charge < -0.3 is 18.8 Å². The Hall–Kier alpha value is -3.42. The largest absolute Gasteiger partial charge is 0.465 e. The SMILES string of the molecule is COC(=O)c1ccccc1-n1cc(C(=O)OC)c(=O)c(C(=O)OC)c1. The monoisotopic (exact) mass is 345 g/mol. The number of hydrogen-bond donors (Lipinski definition) is 0. The number of para-hydroxylation sites is 1. The summed E-state index contributed by atoms with van der Waals surface area (Å²) in [5.41, 5.74) is -1.08. The highest BCUT2D eigenvalue weighted by atomic mass is 16.5. The van der Waals surface area contributed by atoms with E-state index in [1.807, 2.05) is 0 Å². The summed E-state index contributed by atoms with van der Waals surface area (Å²) in [6.45, 7) is 0. The summed E-state index contributed by atoms with van der Waals surface area (Å²) in [6, 6.07) is 6.35. The van der Waals surface area contributed by atoms with E-state index < -0.39 is 23.3 Å². The number of benzene rings is 1. The average molecular weight is 345 g/mol. The lowest BCUT2D eigenvalue weighted by atomic mass is 10.1. The maximum absolute atomic E-state index is 12.3. The van der Waals surface area contributed by atoms with Crippen molar-refractivity contribution < 1.29 is 28.6 Å². The van der Waals surface area contributed by atoms with Crippen molar-refractivity contribution >= 4 is 17.9 Å². The second kappa shape index (κ2) is 7.43. The zero-order chi connectivity index (χ0) is 18.6. The van der Waals surface area contributed by atoms with Crippen molar-refractivity contribution in [1.29, 1.82) is 0 Å². The lowest BCUT2D eigenvalue weighted by molar-refractivity contribution is 0.0587. The molecule has 1 aromatic carbocycles. The Morgan fingerprint density at radius 3 is 1.68 bits per heavy atom. The minimum absolute atomic E-state index is 0.181. The molecule has 0 aliphatic carbocycles. The van der Waals surface area contributed by atoms with Crippen molar-refractivity contribution in [1.82, 2.24) is 4.57 Å². The Balaban J connectivity index is 2.79. The number of rotatable bonds is 4. The van der Waals surface area contributed by atoms with Gasteiger partial charge in [0, 0.05) is 12.4 Å². The lowest BCUT2D eigenvalue weighted by Crippen LogP contribution is -2.26. The van der Waals surface area contributed by atoms with Gasteiger partial charge in [-0.05, 0) is 12.1 Å². The minimum atomic E-state index is -0.917. The van der Waals surface area contributed by atoms with E-state index in [1.165, 1.54) is 30.1 Å². The lowest BCUT2D eigenvalue weighted by Gasteiger charge is -2.13. The molecule has 0 aliphatic heterocycles. The third-order valence-corrected chi connectivity index (χ3v) is 3.42. The summed E-state index contributed by atoms with van der Waals surface area (Å²) < 4.78 is 15.2. The first kappa shape index (κ1) is 17.9. The number of methoxy groups -OCH3 is 3. The van der Waals surface area contributed by atoms with Crippen LogP contribution in [0.5, 0.6) is 0 Å². The molecule has 0 unspecified atom stereocenters. The fourth-order valence-corrected chi connectivity index (χ4v) is 2.21. The summed E-state index contributed by atoms with van der Waals surface area (Å²) in [4.78, 5) is 48.0. The second-order valence-corrected chi connectivity index (χ2v) is 4.81. The topological polar surface area (TPSA) is 101 Å². The van der Waals surface area contributed by atoms with E-state index in [0.717, 1.165) is 14.2 Å². The van der Waals surface area contributed by atoms with Gasteiger partial charge in [-0.25, -0.2) is 14.4 Å². The molecule has 0 saturated carbocycles. The molecule has 0 saturated heterocycles. The van der Waals surface area contributed by atoms with E-state index >= 15 is 0 Å². The number of pyridine rings is 1. The summed E-state index contributed by atoms with van der Waals surface area (Å²) in [7, 11) is 3.45. The molecule has 0 bridgehead atoms.